The smallest absolute Gasteiger partial charge is 0.343 e. The molecule has 0 aliphatic carbocycles. The summed E-state index contributed by atoms with van der Waals surface area (Å²) in [5.41, 5.74) is 0. The van der Waals surface area contributed by atoms with E-state index in [1.54, 1.807) is 6.92 Å². The molecule has 0 aliphatic heterocycles. The highest BCUT2D eigenvalue weighted by Gasteiger charge is 2.18. The summed E-state index contributed by atoms with van der Waals surface area (Å²) in [5, 5.41) is 0. The normalized spacial score (nSPS) is 12.8. The van der Waals surface area contributed by atoms with Gasteiger partial charge in [0.05, 0.1) is 16.5 Å². The van der Waals surface area contributed by atoms with Crippen molar-refractivity contribution in [2.24, 2.45) is 0 Å². The molecule has 1 rings (SSSR count). The molecule has 0 unspecified atom stereocenters. The number of rotatable bonds is 7. The van der Waals surface area contributed by atoms with E-state index >= 15 is 0 Å². The third kappa shape index (κ3) is 5.29. The standard InChI is InChI=1S/C13H18BrNO5S/c1-4-9(2)15-21(17,18)10-5-6-12(11(14)7-10)20-8-13(16)19-3/h5-7,9,15H,4,8H2,1-3H3/t9-/m0/s1. The largest absolute Gasteiger partial charge is 0.481 e. The van der Waals surface area contributed by atoms with Crippen LogP contribution in [0.4, 0.5) is 0 Å². The van der Waals surface area contributed by atoms with Crippen molar-refractivity contribution in [1.29, 1.82) is 0 Å². The number of methoxy groups -OCH3 is 1. The van der Waals surface area contributed by atoms with Crippen LogP contribution in [-0.4, -0.2) is 34.1 Å². The molecule has 21 heavy (non-hydrogen) atoms. The van der Waals surface area contributed by atoms with Crippen molar-refractivity contribution in [1.82, 2.24) is 4.72 Å². The monoisotopic (exact) mass is 379 g/mol. The minimum atomic E-state index is -3.57. The van der Waals surface area contributed by atoms with Crippen LogP contribution in [0.5, 0.6) is 5.75 Å². The molecule has 0 radical (unpaired) electrons. The number of carbonyl (C=O) groups excluding carboxylic acids is 1. The zero-order valence-corrected chi connectivity index (χ0v) is 14.5. The summed E-state index contributed by atoms with van der Waals surface area (Å²) in [7, 11) is -2.31. The molecule has 0 bridgehead atoms. The van der Waals surface area contributed by atoms with Gasteiger partial charge in [0, 0.05) is 6.04 Å². The molecule has 6 nitrogen and oxygen atoms in total. The molecule has 0 spiro atoms. The molecule has 0 saturated heterocycles. The van der Waals surface area contributed by atoms with Crippen LogP contribution in [0, 0.1) is 0 Å². The van der Waals surface area contributed by atoms with Gasteiger partial charge >= 0.3 is 5.97 Å². The van der Waals surface area contributed by atoms with Crippen molar-refractivity contribution < 1.29 is 22.7 Å². The number of esters is 1. The maximum absolute atomic E-state index is 12.1. The molecule has 118 valence electrons. The number of benzene rings is 1. The summed E-state index contributed by atoms with van der Waals surface area (Å²) >= 11 is 3.23. The Kier molecular flexibility index (Phi) is 6.63. The van der Waals surface area contributed by atoms with E-state index in [4.69, 9.17) is 4.74 Å². The third-order valence-electron chi connectivity index (χ3n) is 2.76. The molecule has 1 aromatic rings. The van der Waals surface area contributed by atoms with E-state index in [9.17, 15) is 13.2 Å². The molecule has 1 aromatic carbocycles. The van der Waals surface area contributed by atoms with Gasteiger partial charge in [-0.05, 0) is 47.5 Å². The van der Waals surface area contributed by atoms with Crippen LogP contribution in [0.1, 0.15) is 20.3 Å². The molecule has 8 heteroatoms. The minimum absolute atomic E-state index is 0.125. The fraction of sp³-hybridized carbons (Fsp3) is 0.462. The SMILES string of the molecule is CC[C@H](C)NS(=O)(=O)c1ccc(OCC(=O)OC)c(Br)c1. The van der Waals surface area contributed by atoms with Crippen LogP contribution in [0.2, 0.25) is 0 Å². The van der Waals surface area contributed by atoms with E-state index in [1.807, 2.05) is 6.92 Å². The van der Waals surface area contributed by atoms with Gasteiger partial charge in [-0.3, -0.25) is 0 Å². The van der Waals surface area contributed by atoms with Crippen LogP contribution in [-0.2, 0) is 19.6 Å². The van der Waals surface area contributed by atoms with Gasteiger partial charge in [-0.1, -0.05) is 6.92 Å². The zero-order valence-electron chi connectivity index (χ0n) is 12.1. The first kappa shape index (κ1) is 17.9. The Morgan fingerprint density at radius 1 is 1.43 bits per heavy atom. The molecule has 0 aromatic heterocycles. The Morgan fingerprint density at radius 3 is 2.62 bits per heavy atom. The fourth-order valence-electron chi connectivity index (χ4n) is 1.38. The maximum atomic E-state index is 12.1. The van der Waals surface area contributed by atoms with Gasteiger partial charge in [0.1, 0.15) is 5.75 Å². The molecule has 0 fully saturated rings. The Hall–Kier alpha value is -1.12. The van der Waals surface area contributed by atoms with Gasteiger partial charge in [0.25, 0.3) is 0 Å². The first-order valence-corrected chi connectivity index (χ1v) is 8.59. The number of hydrogen-bond acceptors (Lipinski definition) is 5. The van der Waals surface area contributed by atoms with Crippen molar-refractivity contribution >= 4 is 31.9 Å². The molecule has 0 amide bonds. The zero-order chi connectivity index (χ0) is 16.0. The van der Waals surface area contributed by atoms with Gasteiger partial charge in [0.2, 0.25) is 10.0 Å². The predicted octanol–water partition coefficient (Wildman–Crippen LogP) is 2.08. The second kappa shape index (κ2) is 7.77. The lowest BCUT2D eigenvalue weighted by Gasteiger charge is -2.13. The molecule has 0 heterocycles. The average Bonchev–Trinajstić information content (AvgIpc) is 2.44. The molecular weight excluding hydrogens is 362 g/mol. The molecule has 0 aliphatic rings. The van der Waals surface area contributed by atoms with Gasteiger partial charge in [-0.15, -0.1) is 0 Å². The van der Waals surface area contributed by atoms with E-state index in [1.165, 1.54) is 25.3 Å². The summed E-state index contributed by atoms with van der Waals surface area (Å²) in [6.45, 7) is 3.44. The second-order valence-electron chi connectivity index (χ2n) is 4.39. The Bertz CT molecular complexity index is 603. The number of halogens is 1. The maximum Gasteiger partial charge on any atom is 0.343 e. The number of nitrogens with one attached hydrogen (secondary N) is 1. The lowest BCUT2D eigenvalue weighted by atomic mass is 10.3. The first-order valence-electron chi connectivity index (χ1n) is 6.31. The topological polar surface area (TPSA) is 81.7 Å². The molecular formula is C13H18BrNO5S. The quantitative estimate of drug-likeness (QED) is 0.733. The Morgan fingerprint density at radius 2 is 2.10 bits per heavy atom. The van der Waals surface area contributed by atoms with Crippen LogP contribution < -0.4 is 9.46 Å². The Labute approximate surface area is 133 Å². The highest BCUT2D eigenvalue weighted by Crippen LogP contribution is 2.28. The summed E-state index contributed by atoms with van der Waals surface area (Å²) < 4.78 is 37.0. The van der Waals surface area contributed by atoms with E-state index in [0.29, 0.717) is 16.6 Å². The van der Waals surface area contributed by atoms with Crippen molar-refractivity contribution in [2.75, 3.05) is 13.7 Å². The van der Waals surface area contributed by atoms with Crippen molar-refractivity contribution in [3.05, 3.63) is 22.7 Å². The predicted molar refractivity (Wildman–Crippen MR) is 81.7 cm³/mol. The average molecular weight is 380 g/mol. The summed E-state index contributed by atoms with van der Waals surface area (Å²) in [6, 6.07) is 4.18. The van der Waals surface area contributed by atoms with E-state index in [2.05, 4.69) is 25.4 Å². The summed E-state index contributed by atoms with van der Waals surface area (Å²) in [4.78, 5) is 11.1. The van der Waals surface area contributed by atoms with Crippen molar-refractivity contribution in [2.45, 2.75) is 31.2 Å². The highest BCUT2D eigenvalue weighted by molar-refractivity contribution is 9.10. The van der Waals surface area contributed by atoms with E-state index in [-0.39, 0.29) is 17.5 Å². The number of ether oxygens (including phenoxy) is 2. The van der Waals surface area contributed by atoms with Crippen molar-refractivity contribution in [3.8, 4) is 5.75 Å². The minimum Gasteiger partial charge on any atom is -0.481 e. The van der Waals surface area contributed by atoms with Crippen LogP contribution in [0.25, 0.3) is 0 Å². The van der Waals surface area contributed by atoms with E-state index < -0.39 is 16.0 Å². The van der Waals surface area contributed by atoms with Crippen LogP contribution >= 0.6 is 15.9 Å². The highest BCUT2D eigenvalue weighted by atomic mass is 79.9. The van der Waals surface area contributed by atoms with Gasteiger partial charge in [-0.2, -0.15) is 0 Å². The summed E-state index contributed by atoms with van der Waals surface area (Å²) in [5.74, 6) is -0.153. The number of carbonyl (C=O) groups is 1. The second-order valence-corrected chi connectivity index (χ2v) is 6.96. The first-order chi connectivity index (χ1) is 9.80. The molecule has 1 atom stereocenters. The van der Waals surface area contributed by atoms with Gasteiger partial charge in [0.15, 0.2) is 6.61 Å². The third-order valence-corrected chi connectivity index (χ3v) is 4.96. The van der Waals surface area contributed by atoms with Crippen LogP contribution in [0.15, 0.2) is 27.6 Å². The van der Waals surface area contributed by atoms with Crippen LogP contribution in [0.3, 0.4) is 0 Å². The van der Waals surface area contributed by atoms with Gasteiger partial charge < -0.3 is 9.47 Å². The van der Waals surface area contributed by atoms with Gasteiger partial charge in [-0.25, -0.2) is 17.9 Å². The lowest BCUT2D eigenvalue weighted by molar-refractivity contribution is -0.142. The molecule has 1 N–H and O–H groups in total. The molecule has 0 saturated carbocycles. The van der Waals surface area contributed by atoms with Crippen molar-refractivity contribution in [3.63, 3.8) is 0 Å². The summed E-state index contributed by atoms with van der Waals surface area (Å²) in [6.07, 6.45) is 0.695. The fourth-order valence-corrected chi connectivity index (χ4v) is 3.38. The number of hydrogen-bond donors (Lipinski definition) is 1. The number of sulfonamides is 1. The van der Waals surface area contributed by atoms with E-state index in [0.717, 1.165) is 0 Å². The Balaban J connectivity index is 2.89. The lowest BCUT2D eigenvalue weighted by Crippen LogP contribution is -2.32.